The van der Waals surface area contributed by atoms with Crippen LogP contribution in [0, 0.1) is 0 Å². The molecular weight excluding hydrogens is 236 g/mol. The lowest BCUT2D eigenvalue weighted by Gasteiger charge is -2.08. The van der Waals surface area contributed by atoms with Crippen LogP contribution in [0.1, 0.15) is 6.92 Å². The van der Waals surface area contributed by atoms with Gasteiger partial charge >= 0.3 is 0 Å². The highest BCUT2D eigenvalue weighted by Crippen LogP contribution is 2.17. The Morgan fingerprint density at radius 1 is 1.39 bits per heavy atom. The Bertz CT molecular complexity index is 420. The molecule has 6 heteroatoms. The Hall–Kier alpha value is -2.08. The molecule has 0 radical (unpaired) electrons. The van der Waals surface area contributed by atoms with Gasteiger partial charge in [-0.05, 0) is 12.1 Å². The molecule has 0 spiro atoms. The van der Waals surface area contributed by atoms with Crippen LogP contribution in [0.2, 0.25) is 0 Å². The van der Waals surface area contributed by atoms with E-state index in [0.29, 0.717) is 11.4 Å². The fourth-order valence-corrected chi connectivity index (χ4v) is 1.26. The Balaban J connectivity index is 2.47. The van der Waals surface area contributed by atoms with E-state index in [4.69, 9.17) is 9.84 Å². The minimum atomic E-state index is -0.311. The van der Waals surface area contributed by atoms with Crippen molar-refractivity contribution in [1.29, 1.82) is 0 Å². The van der Waals surface area contributed by atoms with Gasteiger partial charge in [-0.25, -0.2) is 0 Å². The van der Waals surface area contributed by atoms with Gasteiger partial charge in [0, 0.05) is 25.2 Å². The highest BCUT2D eigenvalue weighted by molar-refractivity contribution is 5.88. The van der Waals surface area contributed by atoms with Crippen LogP contribution in [0.3, 0.4) is 0 Å². The van der Waals surface area contributed by atoms with Crippen LogP contribution in [0.5, 0.6) is 5.75 Å². The fraction of sp³-hybridized carbons (Fsp3) is 0.333. The van der Waals surface area contributed by atoms with Gasteiger partial charge in [-0.15, -0.1) is 0 Å². The van der Waals surface area contributed by atoms with E-state index in [2.05, 4.69) is 10.6 Å². The first-order valence-corrected chi connectivity index (χ1v) is 5.50. The van der Waals surface area contributed by atoms with Crippen molar-refractivity contribution in [3.8, 4) is 5.75 Å². The van der Waals surface area contributed by atoms with Crippen LogP contribution in [-0.4, -0.2) is 36.7 Å². The topological polar surface area (TPSA) is 87.7 Å². The summed E-state index contributed by atoms with van der Waals surface area (Å²) in [5.74, 6) is 0.00205. The zero-order valence-electron chi connectivity index (χ0n) is 10.1. The molecule has 2 amide bonds. The van der Waals surface area contributed by atoms with Crippen molar-refractivity contribution in [2.45, 2.75) is 6.92 Å². The third kappa shape index (κ3) is 5.31. The number of amides is 2. The molecule has 0 saturated carbocycles. The van der Waals surface area contributed by atoms with Crippen LogP contribution < -0.4 is 15.4 Å². The van der Waals surface area contributed by atoms with Crippen LogP contribution in [-0.2, 0) is 9.59 Å². The number of carbonyl (C=O) groups excluding carboxylic acids is 2. The number of anilines is 1. The minimum absolute atomic E-state index is 0.107. The lowest BCUT2D eigenvalue weighted by Crippen LogP contribution is -2.31. The number of aliphatic hydroxyl groups excluding tert-OH is 1. The molecular formula is C12H16N2O4. The maximum absolute atomic E-state index is 11.2. The molecule has 6 nitrogen and oxygen atoms in total. The first-order valence-electron chi connectivity index (χ1n) is 5.50. The van der Waals surface area contributed by atoms with E-state index in [-0.39, 0.29) is 31.6 Å². The maximum Gasteiger partial charge on any atom is 0.258 e. The zero-order chi connectivity index (χ0) is 13.4. The Kier molecular flexibility index (Phi) is 5.66. The molecule has 1 aromatic rings. The number of hydrogen-bond acceptors (Lipinski definition) is 4. The van der Waals surface area contributed by atoms with Crippen LogP contribution >= 0.6 is 0 Å². The zero-order valence-corrected chi connectivity index (χ0v) is 10.1. The second-order valence-electron chi connectivity index (χ2n) is 3.57. The molecule has 0 heterocycles. The molecule has 0 fully saturated rings. The predicted molar refractivity (Wildman–Crippen MR) is 66.3 cm³/mol. The van der Waals surface area contributed by atoms with Gasteiger partial charge in [0.2, 0.25) is 5.91 Å². The van der Waals surface area contributed by atoms with Gasteiger partial charge in [0.25, 0.3) is 5.91 Å². The number of ether oxygens (including phenoxy) is 1. The third-order valence-corrected chi connectivity index (χ3v) is 1.96. The Morgan fingerprint density at radius 2 is 2.17 bits per heavy atom. The molecule has 0 atom stereocenters. The first-order chi connectivity index (χ1) is 8.61. The maximum atomic E-state index is 11.2. The summed E-state index contributed by atoms with van der Waals surface area (Å²) in [6.07, 6.45) is 0. The molecule has 3 N–H and O–H groups in total. The van der Waals surface area contributed by atoms with Gasteiger partial charge < -0.3 is 20.5 Å². The van der Waals surface area contributed by atoms with Gasteiger partial charge in [-0.3, -0.25) is 9.59 Å². The predicted octanol–water partition coefficient (Wildman–Crippen LogP) is 0.132. The highest BCUT2D eigenvalue weighted by Gasteiger charge is 2.03. The molecule has 1 aromatic carbocycles. The van der Waals surface area contributed by atoms with Crippen LogP contribution in [0.15, 0.2) is 24.3 Å². The molecule has 0 aliphatic rings. The molecule has 1 rings (SSSR count). The van der Waals surface area contributed by atoms with Crippen molar-refractivity contribution < 1.29 is 19.4 Å². The quantitative estimate of drug-likeness (QED) is 0.671. The van der Waals surface area contributed by atoms with Crippen molar-refractivity contribution in [3.63, 3.8) is 0 Å². The summed E-state index contributed by atoms with van der Waals surface area (Å²) in [4.78, 5) is 22.1. The number of hydrogen-bond donors (Lipinski definition) is 3. The smallest absolute Gasteiger partial charge is 0.258 e. The summed E-state index contributed by atoms with van der Waals surface area (Å²) in [6.45, 7) is 1.37. The Labute approximate surface area is 105 Å². The third-order valence-electron chi connectivity index (χ3n) is 1.96. The van der Waals surface area contributed by atoms with E-state index in [0.717, 1.165) is 0 Å². The largest absolute Gasteiger partial charge is 0.484 e. The number of aliphatic hydroxyl groups is 1. The number of benzene rings is 1. The SMILES string of the molecule is CC(=O)Nc1cccc(OCC(=O)NCCO)c1. The van der Waals surface area contributed by atoms with E-state index in [1.54, 1.807) is 24.3 Å². The van der Waals surface area contributed by atoms with E-state index < -0.39 is 0 Å². The van der Waals surface area contributed by atoms with Gasteiger partial charge in [0.1, 0.15) is 5.75 Å². The highest BCUT2D eigenvalue weighted by atomic mass is 16.5. The summed E-state index contributed by atoms with van der Waals surface area (Å²) in [7, 11) is 0. The summed E-state index contributed by atoms with van der Waals surface area (Å²) < 4.78 is 5.24. The van der Waals surface area contributed by atoms with E-state index in [9.17, 15) is 9.59 Å². The average molecular weight is 252 g/mol. The monoisotopic (exact) mass is 252 g/mol. The van der Waals surface area contributed by atoms with Gasteiger partial charge in [0.05, 0.1) is 6.61 Å². The fourth-order valence-electron chi connectivity index (χ4n) is 1.26. The second-order valence-corrected chi connectivity index (χ2v) is 3.57. The summed E-state index contributed by atoms with van der Waals surface area (Å²) in [6, 6.07) is 6.75. The number of nitrogens with one attached hydrogen (secondary N) is 2. The van der Waals surface area contributed by atoms with E-state index in [1.165, 1.54) is 6.92 Å². The molecule has 18 heavy (non-hydrogen) atoms. The molecule has 0 aliphatic carbocycles. The van der Waals surface area contributed by atoms with Crippen LogP contribution in [0.4, 0.5) is 5.69 Å². The number of rotatable bonds is 6. The molecule has 0 aliphatic heterocycles. The lowest BCUT2D eigenvalue weighted by molar-refractivity contribution is -0.123. The normalized spacial score (nSPS) is 9.67. The molecule has 0 aromatic heterocycles. The van der Waals surface area contributed by atoms with Gasteiger partial charge in [0.15, 0.2) is 6.61 Å². The number of carbonyl (C=O) groups is 2. The van der Waals surface area contributed by atoms with Gasteiger partial charge in [-0.2, -0.15) is 0 Å². The molecule has 0 unspecified atom stereocenters. The van der Waals surface area contributed by atoms with Gasteiger partial charge in [-0.1, -0.05) is 6.07 Å². The van der Waals surface area contributed by atoms with Crippen molar-refractivity contribution >= 4 is 17.5 Å². The molecule has 98 valence electrons. The standard InChI is InChI=1S/C12H16N2O4/c1-9(16)14-10-3-2-4-11(7-10)18-8-12(17)13-5-6-15/h2-4,7,15H,5-6,8H2,1H3,(H,13,17)(H,14,16). The van der Waals surface area contributed by atoms with Crippen LogP contribution in [0.25, 0.3) is 0 Å². The molecule has 0 bridgehead atoms. The van der Waals surface area contributed by atoms with E-state index >= 15 is 0 Å². The summed E-state index contributed by atoms with van der Waals surface area (Å²) in [5.41, 5.74) is 0.607. The lowest BCUT2D eigenvalue weighted by atomic mass is 10.3. The Morgan fingerprint density at radius 3 is 2.83 bits per heavy atom. The van der Waals surface area contributed by atoms with Crippen molar-refractivity contribution in [2.75, 3.05) is 25.1 Å². The van der Waals surface area contributed by atoms with Crippen molar-refractivity contribution in [3.05, 3.63) is 24.3 Å². The van der Waals surface area contributed by atoms with E-state index in [1.807, 2.05) is 0 Å². The van der Waals surface area contributed by atoms with Crippen molar-refractivity contribution in [2.24, 2.45) is 0 Å². The minimum Gasteiger partial charge on any atom is -0.484 e. The average Bonchev–Trinajstić information content (AvgIpc) is 2.33. The summed E-state index contributed by atoms with van der Waals surface area (Å²) in [5, 5.41) is 13.6. The van der Waals surface area contributed by atoms with Crippen molar-refractivity contribution in [1.82, 2.24) is 5.32 Å². The summed E-state index contributed by atoms with van der Waals surface area (Å²) >= 11 is 0. The second kappa shape index (κ2) is 7.29. The molecule has 0 saturated heterocycles. The first kappa shape index (κ1) is 14.0.